The minimum atomic E-state index is -0.575. The lowest BCUT2D eigenvalue weighted by Crippen LogP contribution is -2.27. The third-order valence-electron chi connectivity index (χ3n) is 14.6. The van der Waals surface area contributed by atoms with Gasteiger partial charge in [0.1, 0.15) is 0 Å². The zero-order chi connectivity index (χ0) is 44.0. The smallest absolute Gasteiger partial charge is 0.0727 e. The first-order valence-electron chi connectivity index (χ1n) is 23.1. The molecule has 312 valence electrons. The molecule has 3 aliphatic carbocycles. The zero-order valence-electron chi connectivity index (χ0n) is 37.0. The van der Waals surface area contributed by atoms with Crippen molar-refractivity contribution in [1.29, 1.82) is 0 Å². The van der Waals surface area contributed by atoms with Crippen molar-refractivity contribution in [2.45, 2.75) is 24.7 Å². The van der Waals surface area contributed by atoms with Crippen LogP contribution in [0.5, 0.6) is 0 Å². The largest absolute Gasteiger partial charge is 0.310 e. The summed E-state index contributed by atoms with van der Waals surface area (Å²) in [4.78, 5) is 4.94. The molecule has 0 saturated carbocycles. The summed E-state index contributed by atoms with van der Waals surface area (Å²) in [5.41, 5.74) is 24.1. The molecule has 0 aliphatic heterocycles. The average molecular weight is 843 g/mol. The van der Waals surface area contributed by atoms with Gasteiger partial charge in [-0.2, -0.15) is 0 Å². The molecule has 1 spiro atoms. The highest BCUT2D eigenvalue weighted by atomic mass is 15.2. The molecule has 13 rings (SSSR count). The van der Waals surface area contributed by atoms with Crippen LogP contribution >= 0.6 is 0 Å². The van der Waals surface area contributed by atoms with Gasteiger partial charge in [0.2, 0.25) is 0 Å². The summed E-state index contributed by atoms with van der Waals surface area (Å²) in [6, 6.07) is 90.0. The van der Waals surface area contributed by atoms with Crippen LogP contribution in [0.2, 0.25) is 0 Å². The van der Waals surface area contributed by atoms with Crippen molar-refractivity contribution in [2.24, 2.45) is 0 Å². The van der Waals surface area contributed by atoms with Crippen molar-refractivity contribution in [1.82, 2.24) is 0 Å². The Bertz CT molecular complexity index is 3460. The Balaban J connectivity index is 1.08. The van der Waals surface area contributed by atoms with Crippen LogP contribution in [0.1, 0.15) is 47.2 Å². The second kappa shape index (κ2) is 14.7. The van der Waals surface area contributed by atoms with E-state index in [4.69, 9.17) is 0 Å². The van der Waals surface area contributed by atoms with Crippen LogP contribution in [0.25, 0.3) is 44.5 Å². The van der Waals surface area contributed by atoms with Crippen LogP contribution in [-0.2, 0) is 10.8 Å². The first-order chi connectivity index (χ1) is 32.5. The van der Waals surface area contributed by atoms with E-state index in [9.17, 15) is 0 Å². The summed E-state index contributed by atoms with van der Waals surface area (Å²) in [7, 11) is 0. The number of para-hydroxylation sites is 2. The highest BCUT2D eigenvalue weighted by molar-refractivity contribution is 5.98. The van der Waals surface area contributed by atoms with Crippen LogP contribution in [0.3, 0.4) is 0 Å². The molecule has 10 aromatic carbocycles. The second-order valence-electron chi connectivity index (χ2n) is 18.4. The van der Waals surface area contributed by atoms with Gasteiger partial charge in [-0.1, -0.05) is 190 Å². The van der Waals surface area contributed by atoms with Gasteiger partial charge in [0.05, 0.1) is 11.1 Å². The number of fused-ring (bicyclic) bond motifs is 13. The highest BCUT2D eigenvalue weighted by Crippen LogP contribution is 2.64. The first-order valence-corrected chi connectivity index (χ1v) is 23.1. The van der Waals surface area contributed by atoms with Gasteiger partial charge in [-0.05, 0) is 145 Å². The van der Waals surface area contributed by atoms with Gasteiger partial charge in [0.25, 0.3) is 0 Å². The molecule has 0 saturated heterocycles. The molecular weight excluding hydrogens is 797 g/mol. The Kier molecular flexibility index (Phi) is 8.51. The maximum absolute atomic E-state index is 2.54. The third kappa shape index (κ3) is 5.48. The monoisotopic (exact) mass is 842 g/mol. The quantitative estimate of drug-likeness (QED) is 0.158. The predicted molar refractivity (Wildman–Crippen MR) is 275 cm³/mol. The first kappa shape index (κ1) is 38.3. The molecule has 0 aromatic heterocycles. The summed E-state index contributed by atoms with van der Waals surface area (Å²) in [6.07, 6.45) is 0. The normalized spacial score (nSPS) is 15.3. The van der Waals surface area contributed by atoms with E-state index < -0.39 is 5.41 Å². The van der Waals surface area contributed by atoms with Gasteiger partial charge in [0.15, 0.2) is 0 Å². The molecule has 0 bridgehead atoms. The van der Waals surface area contributed by atoms with Crippen molar-refractivity contribution in [3.63, 3.8) is 0 Å². The maximum atomic E-state index is 2.54. The Labute approximate surface area is 387 Å². The van der Waals surface area contributed by atoms with E-state index in [-0.39, 0.29) is 5.41 Å². The zero-order valence-corrected chi connectivity index (χ0v) is 37.0. The van der Waals surface area contributed by atoms with Crippen molar-refractivity contribution < 1.29 is 0 Å². The van der Waals surface area contributed by atoms with E-state index in [2.05, 4.69) is 266 Å². The van der Waals surface area contributed by atoms with Crippen molar-refractivity contribution in [3.8, 4) is 44.5 Å². The van der Waals surface area contributed by atoms with E-state index >= 15 is 0 Å². The fourth-order valence-corrected chi connectivity index (χ4v) is 11.9. The van der Waals surface area contributed by atoms with E-state index in [1.165, 1.54) is 83.6 Å². The van der Waals surface area contributed by atoms with Gasteiger partial charge in [0, 0.05) is 33.9 Å². The molecule has 0 heterocycles. The van der Waals surface area contributed by atoms with Gasteiger partial charge in [-0.15, -0.1) is 0 Å². The molecule has 0 radical (unpaired) electrons. The fourth-order valence-electron chi connectivity index (χ4n) is 11.9. The molecule has 3 aliphatic rings. The lowest BCUT2D eigenvalue weighted by molar-refractivity contribution is 0.661. The summed E-state index contributed by atoms with van der Waals surface area (Å²) < 4.78 is 0. The number of anilines is 6. The van der Waals surface area contributed by atoms with Crippen LogP contribution in [0, 0.1) is 0 Å². The van der Waals surface area contributed by atoms with E-state index in [1.54, 1.807) is 0 Å². The number of hydrogen-bond donors (Lipinski definition) is 0. The molecule has 2 nitrogen and oxygen atoms in total. The van der Waals surface area contributed by atoms with Gasteiger partial charge in [-0.3, -0.25) is 0 Å². The van der Waals surface area contributed by atoms with Gasteiger partial charge >= 0.3 is 0 Å². The Morgan fingerprint density at radius 1 is 0.273 bits per heavy atom. The number of hydrogen-bond acceptors (Lipinski definition) is 2. The molecule has 1 atom stereocenters. The minimum absolute atomic E-state index is 0.227. The fraction of sp³-hybridized carbons (Fsp3) is 0.0625. The molecule has 0 N–H and O–H groups in total. The van der Waals surface area contributed by atoms with Crippen molar-refractivity contribution >= 4 is 34.1 Å². The van der Waals surface area contributed by atoms with Crippen LogP contribution in [0.15, 0.2) is 243 Å². The molecule has 10 aromatic rings. The summed E-state index contributed by atoms with van der Waals surface area (Å²) in [5.74, 6) is 0. The SMILES string of the molecule is CC1(C)c2ccccc2-c2cccc(N(c3cccc(-c4ccccc4)c3)c3ccc4c(c3)C3(c5ccccc5-c5ccc(N(c6ccccc6)c6ccccc6)cc53)c3ccccc3-4)c21. The Morgan fingerprint density at radius 3 is 1.27 bits per heavy atom. The second-order valence-corrected chi connectivity index (χ2v) is 18.4. The van der Waals surface area contributed by atoms with Crippen LogP contribution in [-0.4, -0.2) is 0 Å². The van der Waals surface area contributed by atoms with Crippen molar-refractivity contribution in [3.05, 3.63) is 276 Å². The van der Waals surface area contributed by atoms with Crippen LogP contribution < -0.4 is 9.80 Å². The Hall–Kier alpha value is -8.20. The van der Waals surface area contributed by atoms with E-state index in [0.29, 0.717) is 0 Å². The van der Waals surface area contributed by atoms with E-state index in [1.807, 2.05) is 0 Å². The van der Waals surface area contributed by atoms with Gasteiger partial charge < -0.3 is 9.80 Å². The number of rotatable bonds is 7. The molecule has 0 fully saturated rings. The molecule has 0 amide bonds. The summed E-state index contributed by atoms with van der Waals surface area (Å²) in [6.45, 7) is 4.79. The van der Waals surface area contributed by atoms with Crippen molar-refractivity contribution in [2.75, 3.05) is 9.80 Å². The third-order valence-corrected chi connectivity index (χ3v) is 14.6. The number of nitrogens with zero attached hydrogens (tertiary/aromatic N) is 2. The van der Waals surface area contributed by atoms with Gasteiger partial charge in [-0.25, -0.2) is 0 Å². The molecule has 66 heavy (non-hydrogen) atoms. The molecular formula is C64H46N2. The lowest BCUT2D eigenvalue weighted by atomic mass is 9.70. The standard InChI is InChI=1S/C64H46N2/c1-63(2)56-32-15-12-30-52(56)55-31-19-35-61(62(55)63)66(47-27-18-22-44(40-47)43-20-6-3-7-21-43)49-37-39-54-51-29-14-17-34-58(51)64(60(54)42-49)57-33-16-13-28-50(57)53-38-36-48(41-59(53)64)65(45-23-8-4-9-24-45)46-25-10-5-11-26-46/h3-42H,1-2H3. The minimum Gasteiger partial charge on any atom is -0.310 e. The number of benzene rings is 10. The topological polar surface area (TPSA) is 6.48 Å². The summed E-state index contributed by atoms with van der Waals surface area (Å²) >= 11 is 0. The lowest BCUT2D eigenvalue weighted by Gasteiger charge is -2.35. The maximum Gasteiger partial charge on any atom is 0.0727 e. The summed E-state index contributed by atoms with van der Waals surface area (Å²) in [5, 5.41) is 0. The molecule has 2 heteroatoms. The molecule has 1 unspecified atom stereocenters. The Morgan fingerprint density at radius 2 is 0.682 bits per heavy atom. The highest BCUT2D eigenvalue weighted by Gasteiger charge is 2.52. The van der Waals surface area contributed by atoms with E-state index in [0.717, 1.165) is 28.4 Å². The van der Waals surface area contributed by atoms with Crippen LogP contribution in [0.4, 0.5) is 34.1 Å². The predicted octanol–water partition coefficient (Wildman–Crippen LogP) is 16.9. The average Bonchev–Trinajstić information content (AvgIpc) is 3.93.